The summed E-state index contributed by atoms with van der Waals surface area (Å²) in [6.07, 6.45) is 3.71. The fraction of sp³-hybridized carbons (Fsp3) is 0.500. The van der Waals surface area contributed by atoms with Crippen molar-refractivity contribution in [1.29, 1.82) is 5.41 Å². The van der Waals surface area contributed by atoms with Gasteiger partial charge in [-0.1, -0.05) is 19.8 Å². The normalized spacial score (nSPS) is 10.4. The average Bonchev–Trinajstić information content (AvgIpc) is 2.23. The number of nitrogens with zero attached hydrogens (tertiary/aromatic N) is 1. The summed E-state index contributed by atoms with van der Waals surface area (Å²) in [5.41, 5.74) is 7.17. The van der Waals surface area contributed by atoms with E-state index in [0.29, 0.717) is 0 Å². The maximum absolute atomic E-state index is 7.41. The van der Waals surface area contributed by atoms with E-state index in [9.17, 15) is 0 Å². The van der Waals surface area contributed by atoms with Crippen LogP contribution in [0.3, 0.4) is 0 Å². The summed E-state index contributed by atoms with van der Waals surface area (Å²) < 4.78 is 0. The molecule has 0 bridgehead atoms. The van der Waals surface area contributed by atoms with Gasteiger partial charge in [-0.25, -0.2) is 4.98 Å². The first kappa shape index (κ1) is 13.0. The standard InChI is InChI=1S/C12H19N3S/c1-3-4-5-6-16-11-8-10(12(13)14)7-9(2)15-11/h7-8H,3-6H2,1-2H3,(H3,13,14). The molecule has 1 heterocycles. The summed E-state index contributed by atoms with van der Waals surface area (Å²) in [5.74, 6) is 1.20. The Balaban J connectivity index is 2.62. The Morgan fingerprint density at radius 1 is 1.44 bits per heavy atom. The van der Waals surface area contributed by atoms with Crippen molar-refractivity contribution in [2.45, 2.75) is 38.1 Å². The molecule has 0 amide bonds. The molecule has 0 aliphatic rings. The van der Waals surface area contributed by atoms with Gasteiger partial charge in [-0.3, -0.25) is 5.41 Å². The molecule has 0 aliphatic heterocycles. The molecule has 0 atom stereocenters. The lowest BCUT2D eigenvalue weighted by molar-refractivity contribution is 0.778. The van der Waals surface area contributed by atoms with Crippen molar-refractivity contribution in [3.8, 4) is 0 Å². The minimum atomic E-state index is 0.112. The number of amidine groups is 1. The van der Waals surface area contributed by atoms with Crippen molar-refractivity contribution in [2.24, 2.45) is 5.73 Å². The van der Waals surface area contributed by atoms with Crippen LogP contribution in [0.4, 0.5) is 0 Å². The molecule has 0 unspecified atom stereocenters. The van der Waals surface area contributed by atoms with Gasteiger partial charge in [0, 0.05) is 11.3 Å². The first-order valence-corrected chi connectivity index (χ1v) is 6.58. The number of aromatic nitrogens is 1. The molecule has 3 N–H and O–H groups in total. The zero-order chi connectivity index (χ0) is 12.0. The molecule has 1 rings (SSSR count). The lowest BCUT2D eigenvalue weighted by Gasteiger charge is -2.05. The largest absolute Gasteiger partial charge is 0.384 e. The molecule has 0 saturated carbocycles. The second kappa shape index (κ2) is 6.53. The number of thioether (sulfide) groups is 1. The molecule has 1 aromatic rings. The molecule has 1 aromatic heterocycles. The van der Waals surface area contributed by atoms with Crippen LogP contribution in [0.25, 0.3) is 0 Å². The van der Waals surface area contributed by atoms with Crippen molar-refractivity contribution in [1.82, 2.24) is 4.98 Å². The van der Waals surface area contributed by atoms with E-state index in [1.807, 2.05) is 19.1 Å². The van der Waals surface area contributed by atoms with Gasteiger partial charge in [0.05, 0.1) is 5.03 Å². The highest BCUT2D eigenvalue weighted by atomic mass is 32.2. The van der Waals surface area contributed by atoms with Gasteiger partial charge in [-0.05, 0) is 31.2 Å². The second-order valence-electron chi connectivity index (χ2n) is 3.80. The van der Waals surface area contributed by atoms with E-state index >= 15 is 0 Å². The maximum Gasteiger partial charge on any atom is 0.122 e. The van der Waals surface area contributed by atoms with Crippen molar-refractivity contribution in [3.05, 3.63) is 23.4 Å². The smallest absolute Gasteiger partial charge is 0.122 e. The van der Waals surface area contributed by atoms with Gasteiger partial charge in [0.15, 0.2) is 0 Å². The van der Waals surface area contributed by atoms with E-state index in [4.69, 9.17) is 11.1 Å². The van der Waals surface area contributed by atoms with Crippen molar-refractivity contribution < 1.29 is 0 Å². The molecular formula is C12H19N3S. The number of aryl methyl sites for hydroxylation is 1. The minimum absolute atomic E-state index is 0.112. The number of pyridine rings is 1. The van der Waals surface area contributed by atoms with Crippen LogP contribution in [0.5, 0.6) is 0 Å². The monoisotopic (exact) mass is 237 g/mol. The fourth-order valence-corrected chi connectivity index (χ4v) is 2.37. The van der Waals surface area contributed by atoms with Crippen LogP contribution in [0.1, 0.15) is 37.4 Å². The highest BCUT2D eigenvalue weighted by Crippen LogP contribution is 2.19. The van der Waals surface area contributed by atoms with Gasteiger partial charge < -0.3 is 5.73 Å². The van der Waals surface area contributed by atoms with E-state index in [-0.39, 0.29) is 5.84 Å². The Labute approximate surface area is 101 Å². The number of nitrogen functional groups attached to an aromatic ring is 1. The first-order valence-electron chi connectivity index (χ1n) is 5.59. The quantitative estimate of drug-likeness (QED) is 0.346. The maximum atomic E-state index is 7.41. The summed E-state index contributed by atoms with van der Waals surface area (Å²) in [6, 6.07) is 3.74. The topological polar surface area (TPSA) is 62.8 Å². The van der Waals surface area contributed by atoms with Crippen molar-refractivity contribution >= 4 is 17.6 Å². The molecule has 0 aromatic carbocycles. The SMILES string of the molecule is CCCCCSc1cc(C(=N)N)cc(C)n1. The van der Waals surface area contributed by atoms with Gasteiger partial charge >= 0.3 is 0 Å². The molecule has 16 heavy (non-hydrogen) atoms. The first-order chi connectivity index (χ1) is 7.63. The third-order valence-electron chi connectivity index (χ3n) is 2.24. The summed E-state index contributed by atoms with van der Waals surface area (Å²) in [4.78, 5) is 4.42. The highest BCUT2D eigenvalue weighted by Gasteiger charge is 2.03. The predicted octanol–water partition coefficient (Wildman–Crippen LogP) is 2.96. The average molecular weight is 237 g/mol. The highest BCUT2D eigenvalue weighted by molar-refractivity contribution is 7.99. The Hall–Kier alpha value is -1.03. The molecular weight excluding hydrogens is 218 g/mol. The van der Waals surface area contributed by atoms with Crippen LogP contribution in [0.15, 0.2) is 17.2 Å². The number of rotatable bonds is 6. The van der Waals surface area contributed by atoms with E-state index < -0.39 is 0 Å². The fourth-order valence-electron chi connectivity index (χ4n) is 1.40. The van der Waals surface area contributed by atoms with E-state index in [1.165, 1.54) is 19.3 Å². The number of hydrogen-bond acceptors (Lipinski definition) is 3. The van der Waals surface area contributed by atoms with E-state index in [0.717, 1.165) is 22.0 Å². The summed E-state index contributed by atoms with van der Waals surface area (Å²) in [6.45, 7) is 4.13. The Bertz CT molecular complexity index is 363. The lowest BCUT2D eigenvalue weighted by atomic mass is 10.2. The van der Waals surface area contributed by atoms with Gasteiger partial charge in [0.2, 0.25) is 0 Å². The van der Waals surface area contributed by atoms with Crippen molar-refractivity contribution in [2.75, 3.05) is 5.75 Å². The molecule has 0 aliphatic carbocycles. The number of nitrogens with one attached hydrogen (secondary N) is 1. The third-order valence-corrected chi connectivity index (χ3v) is 3.24. The van der Waals surface area contributed by atoms with E-state index in [2.05, 4.69) is 11.9 Å². The van der Waals surface area contributed by atoms with Gasteiger partial charge in [-0.2, -0.15) is 0 Å². The summed E-state index contributed by atoms with van der Waals surface area (Å²) in [7, 11) is 0. The van der Waals surface area contributed by atoms with Crippen LogP contribution < -0.4 is 5.73 Å². The van der Waals surface area contributed by atoms with Gasteiger partial charge in [-0.15, -0.1) is 11.8 Å². The summed E-state index contributed by atoms with van der Waals surface area (Å²) in [5, 5.41) is 8.39. The second-order valence-corrected chi connectivity index (χ2v) is 4.92. The summed E-state index contributed by atoms with van der Waals surface area (Å²) >= 11 is 1.74. The molecule has 88 valence electrons. The predicted molar refractivity (Wildman–Crippen MR) is 70.2 cm³/mol. The molecule has 4 heteroatoms. The molecule has 0 radical (unpaired) electrons. The van der Waals surface area contributed by atoms with Crippen LogP contribution >= 0.6 is 11.8 Å². The van der Waals surface area contributed by atoms with Crippen molar-refractivity contribution in [3.63, 3.8) is 0 Å². The van der Waals surface area contributed by atoms with Crippen LogP contribution in [-0.2, 0) is 0 Å². The number of hydrogen-bond donors (Lipinski definition) is 2. The Kier molecular flexibility index (Phi) is 5.32. The van der Waals surface area contributed by atoms with Gasteiger partial charge in [0.1, 0.15) is 5.84 Å². The number of unbranched alkanes of at least 4 members (excludes halogenated alkanes) is 2. The lowest BCUT2D eigenvalue weighted by Crippen LogP contribution is -2.11. The van der Waals surface area contributed by atoms with Crippen LogP contribution in [0, 0.1) is 12.3 Å². The minimum Gasteiger partial charge on any atom is -0.384 e. The molecule has 0 spiro atoms. The Morgan fingerprint density at radius 2 is 2.19 bits per heavy atom. The zero-order valence-corrected chi connectivity index (χ0v) is 10.7. The molecule has 3 nitrogen and oxygen atoms in total. The van der Waals surface area contributed by atoms with Crippen LogP contribution in [-0.4, -0.2) is 16.6 Å². The third kappa shape index (κ3) is 4.23. The van der Waals surface area contributed by atoms with Crippen LogP contribution in [0.2, 0.25) is 0 Å². The molecule has 0 fully saturated rings. The molecule has 0 saturated heterocycles. The Morgan fingerprint density at radius 3 is 2.81 bits per heavy atom. The van der Waals surface area contributed by atoms with E-state index in [1.54, 1.807) is 11.8 Å². The zero-order valence-electron chi connectivity index (χ0n) is 9.92. The van der Waals surface area contributed by atoms with Gasteiger partial charge in [0.25, 0.3) is 0 Å². The number of nitrogens with two attached hydrogens (primary N) is 1.